The van der Waals surface area contributed by atoms with E-state index in [0.717, 1.165) is 19.6 Å². The van der Waals surface area contributed by atoms with E-state index in [-0.39, 0.29) is 12.8 Å². The number of hydrogen-bond donors (Lipinski definition) is 1. The van der Waals surface area contributed by atoms with Gasteiger partial charge in [-0.05, 0) is 25.2 Å². The maximum atomic E-state index is 12.6. The Morgan fingerprint density at radius 3 is 2.41 bits per heavy atom. The van der Waals surface area contributed by atoms with Crippen molar-refractivity contribution < 1.29 is 23.0 Å². The number of hydrogen-bond acceptors (Lipinski definition) is 3. The Labute approximate surface area is 98.5 Å². The fraction of sp³-hybridized carbons (Fsp3) is 1.00. The predicted molar refractivity (Wildman–Crippen MR) is 55.6 cm³/mol. The van der Waals surface area contributed by atoms with Crippen molar-refractivity contribution in [2.45, 2.75) is 31.0 Å². The SMILES string of the molecule is OC1(C(F)(F)F)CCN(C[C@@H]2CCOC2)CC1. The molecule has 6 heteroatoms. The number of aliphatic hydroxyl groups is 1. The first-order chi connectivity index (χ1) is 7.91. The van der Waals surface area contributed by atoms with Crippen molar-refractivity contribution in [3.63, 3.8) is 0 Å². The van der Waals surface area contributed by atoms with Gasteiger partial charge in [-0.2, -0.15) is 13.2 Å². The molecule has 2 aliphatic heterocycles. The normalized spacial score (nSPS) is 30.7. The number of halogens is 3. The lowest BCUT2D eigenvalue weighted by Crippen LogP contribution is -2.53. The number of piperidine rings is 1. The molecule has 2 heterocycles. The molecule has 0 aromatic heterocycles. The minimum Gasteiger partial charge on any atom is -0.381 e. The molecule has 0 radical (unpaired) electrons. The smallest absolute Gasteiger partial charge is 0.381 e. The first kappa shape index (κ1) is 13.1. The zero-order chi connectivity index (χ0) is 12.5. The highest BCUT2D eigenvalue weighted by Gasteiger charge is 2.54. The lowest BCUT2D eigenvalue weighted by Gasteiger charge is -2.39. The van der Waals surface area contributed by atoms with Crippen LogP contribution in [0.4, 0.5) is 13.2 Å². The molecule has 2 aliphatic rings. The van der Waals surface area contributed by atoms with Crippen LogP contribution in [-0.2, 0) is 4.74 Å². The molecule has 2 rings (SSSR count). The van der Waals surface area contributed by atoms with Gasteiger partial charge in [0.2, 0.25) is 0 Å². The molecule has 0 saturated carbocycles. The van der Waals surface area contributed by atoms with E-state index in [4.69, 9.17) is 4.74 Å². The maximum absolute atomic E-state index is 12.6. The zero-order valence-corrected chi connectivity index (χ0v) is 9.67. The summed E-state index contributed by atoms with van der Waals surface area (Å²) in [5, 5.41) is 9.51. The molecule has 0 bridgehead atoms. The van der Waals surface area contributed by atoms with Gasteiger partial charge in [0.15, 0.2) is 5.60 Å². The molecule has 100 valence electrons. The Morgan fingerprint density at radius 1 is 1.29 bits per heavy atom. The van der Waals surface area contributed by atoms with E-state index < -0.39 is 11.8 Å². The van der Waals surface area contributed by atoms with Crippen molar-refractivity contribution in [1.82, 2.24) is 4.90 Å². The van der Waals surface area contributed by atoms with Crippen LogP contribution in [0.2, 0.25) is 0 Å². The van der Waals surface area contributed by atoms with Crippen LogP contribution in [0.5, 0.6) is 0 Å². The average molecular weight is 253 g/mol. The lowest BCUT2D eigenvalue weighted by molar-refractivity contribution is -0.272. The van der Waals surface area contributed by atoms with E-state index in [9.17, 15) is 18.3 Å². The van der Waals surface area contributed by atoms with Crippen molar-refractivity contribution in [3.8, 4) is 0 Å². The zero-order valence-electron chi connectivity index (χ0n) is 9.67. The highest BCUT2D eigenvalue weighted by atomic mass is 19.4. The van der Waals surface area contributed by atoms with E-state index in [1.165, 1.54) is 0 Å². The quantitative estimate of drug-likeness (QED) is 0.807. The van der Waals surface area contributed by atoms with Crippen LogP contribution in [0.25, 0.3) is 0 Å². The molecule has 2 saturated heterocycles. The summed E-state index contributed by atoms with van der Waals surface area (Å²) < 4.78 is 42.9. The van der Waals surface area contributed by atoms with Gasteiger partial charge in [-0.25, -0.2) is 0 Å². The van der Waals surface area contributed by atoms with Gasteiger partial charge in [0.1, 0.15) is 0 Å². The number of alkyl halides is 3. The summed E-state index contributed by atoms with van der Waals surface area (Å²) in [6.45, 7) is 2.87. The highest BCUT2D eigenvalue weighted by Crippen LogP contribution is 2.38. The molecule has 0 aromatic rings. The molecular formula is C11H18F3NO2. The fourth-order valence-corrected chi connectivity index (χ4v) is 2.48. The van der Waals surface area contributed by atoms with Gasteiger partial charge in [-0.15, -0.1) is 0 Å². The average Bonchev–Trinajstić information content (AvgIpc) is 2.73. The predicted octanol–water partition coefficient (Wildman–Crippen LogP) is 1.41. The second kappa shape index (κ2) is 4.74. The monoisotopic (exact) mass is 253 g/mol. The van der Waals surface area contributed by atoms with E-state index >= 15 is 0 Å². The lowest BCUT2D eigenvalue weighted by atomic mass is 9.90. The molecule has 0 unspecified atom stereocenters. The Balaban J connectivity index is 1.81. The second-order valence-corrected chi connectivity index (χ2v) is 5.06. The van der Waals surface area contributed by atoms with Crippen LogP contribution in [0, 0.1) is 5.92 Å². The van der Waals surface area contributed by atoms with Gasteiger partial charge in [-0.3, -0.25) is 0 Å². The molecule has 17 heavy (non-hydrogen) atoms. The molecule has 0 amide bonds. The number of rotatable bonds is 2. The number of nitrogens with zero attached hydrogens (tertiary/aromatic N) is 1. The highest BCUT2D eigenvalue weighted by molar-refractivity contribution is 4.92. The number of ether oxygens (including phenoxy) is 1. The van der Waals surface area contributed by atoms with Crippen LogP contribution >= 0.6 is 0 Å². The van der Waals surface area contributed by atoms with Crippen molar-refractivity contribution in [1.29, 1.82) is 0 Å². The first-order valence-corrected chi connectivity index (χ1v) is 6.00. The summed E-state index contributed by atoms with van der Waals surface area (Å²) in [6, 6.07) is 0. The van der Waals surface area contributed by atoms with Crippen LogP contribution in [0.1, 0.15) is 19.3 Å². The molecule has 0 aromatic carbocycles. The molecule has 1 atom stereocenters. The molecule has 1 N–H and O–H groups in total. The van der Waals surface area contributed by atoms with Crippen LogP contribution in [-0.4, -0.2) is 54.6 Å². The van der Waals surface area contributed by atoms with Gasteiger partial charge in [-0.1, -0.05) is 0 Å². The fourth-order valence-electron chi connectivity index (χ4n) is 2.48. The third-order valence-corrected chi connectivity index (χ3v) is 3.75. The Morgan fingerprint density at radius 2 is 1.94 bits per heavy atom. The Kier molecular flexibility index (Phi) is 3.66. The summed E-state index contributed by atoms with van der Waals surface area (Å²) in [5.41, 5.74) is -2.48. The molecule has 3 nitrogen and oxygen atoms in total. The van der Waals surface area contributed by atoms with Crippen molar-refractivity contribution >= 4 is 0 Å². The topological polar surface area (TPSA) is 32.7 Å². The molecule has 0 spiro atoms. The van der Waals surface area contributed by atoms with E-state index in [1.807, 2.05) is 4.90 Å². The van der Waals surface area contributed by atoms with Gasteiger partial charge in [0, 0.05) is 26.2 Å². The Bertz CT molecular complexity index is 256. The summed E-state index contributed by atoms with van der Waals surface area (Å²) in [4.78, 5) is 2.00. The van der Waals surface area contributed by atoms with Gasteiger partial charge in [0.25, 0.3) is 0 Å². The molecular weight excluding hydrogens is 235 g/mol. The van der Waals surface area contributed by atoms with Crippen LogP contribution in [0.15, 0.2) is 0 Å². The van der Waals surface area contributed by atoms with Gasteiger partial charge >= 0.3 is 6.18 Å². The first-order valence-electron chi connectivity index (χ1n) is 6.00. The third-order valence-electron chi connectivity index (χ3n) is 3.75. The standard InChI is InChI=1S/C11H18F3NO2/c12-11(13,14)10(16)2-4-15(5-3-10)7-9-1-6-17-8-9/h9,16H,1-8H2/t9-/m0/s1. The third kappa shape index (κ3) is 2.92. The maximum Gasteiger partial charge on any atom is 0.417 e. The van der Waals surface area contributed by atoms with Crippen LogP contribution < -0.4 is 0 Å². The van der Waals surface area contributed by atoms with Crippen molar-refractivity contribution in [3.05, 3.63) is 0 Å². The van der Waals surface area contributed by atoms with E-state index in [2.05, 4.69) is 0 Å². The van der Waals surface area contributed by atoms with Gasteiger partial charge in [0.05, 0.1) is 6.61 Å². The van der Waals surface area contributed by atoms with Crippen LogP contribution in [0.3, 0.4) is 0 Å². The van der Waals surface area contributed by atoms with E-state index in [1.54, 1.807) is 0 Å². The molecule has 2 fully saturated rings. The Hall–Kier alpha value is -0.330. The van der Waals surface area contributed by atoms with E-state index in [0.29, 0.717) is 25.6 Å². The van der Waals surface area contributed by atoms with Crippen molar-refractivity contribution in [2.24, 2.45) is 5.92 Å². The summed E-state index contributed by atoms with van der Waals surface area (Å²) in [6.07, 6.45) is -3.95. The second-order valence-electron chi connectivity index (χ2n) is 5.06. The summed E-state index contributed by atoms with van der Waals surface area (Å²) in [7, 11) is 0. The minimum atomic E-state index is -4.50. The minimum absolute atomic E-state index is 0.218. The van der Waals surface area contributed by atoms with Gasteiger partial charge < -0.3 is 14.7 Å². The van der Waals surface area contributed by atoms with Crippen molar-refractivity contribution in [2.75, 3.05) is 32.8 Å². The summed E-state index contributed by atoms with van der Waals surface area (Å²) >= 11 is 0. The number of likely N-dealkylation sites (tertiary alicyclic amines) is 1. The summed E-state index contributed by atoms with van der Waals surface area (Å²) in [5.74, 6) is 0.437. The molecule has 0 aliphatic carbocycles. The largest absolute Gasteiger partial charge is 0.417 e.